The second-order valence-corrected chi connectivity index (χ2v) is 5.08. The van der Waals surface area contributed by atoms with Crippen LogP contribution in [0, 0.1) is 0 Å². The van der Waals surface area contributed by atoms with Crippen LogP contribution < -0.4 is 0 Å². The lowest BCUT2D eigenvalue weighted by atomic mass is 10.2. The summed E-state index contributed by atoms with van der Waals surface area (Å²) in [4.78, 5) is 0. The summed E-state index contributed by atoms with van der Waals surface area (Å²) in [5, 5.41) is 0.377. The number of benzene rings is 1. The SMILES string of the molecule is O=S(=O)(F)Cc1cc(Cl)ccc1Br. The first kappa shape index (κ1) is 10.9. The van der Waals surface area contributed by atoms with Crippen LogP contribution in [-0.4, -0.2) is 8.42 Å². The maximum Gasteiger partial charge on any atom is 0.306 e. The molecule has 1 aromatic rings. The summed E-state index contributed by atoms with van der Waals surface area (Å²) in [5.74, 6) is -0.659. The van der Waals surface area contributed by atoms with E-state index in [9.17, 15) is 12.3 Å². The van der Waals surface area contributed by atoms with E-state index in [1.54, 1.807) is 12.1 Å². The Labute approximate surface area is 89.1 Å². The van der Waals surface area contributed by atoms with Gasteiger partial charge in [0, 0.05) is 9.50 Å². The molecule has 0 fully saturated rings. The molecule has 1 rings (SSSR count). The highest BCUT2D eigenvalue weighted by Gasteiger charge is 2.11. The third-order valence-corrected chi connectivity index (χ3v) is 3.00. The predicted octanol–water partition coefficient (Wildman–Crippen LogP) is 2.90. The number of rotatable bonds is 2. The van der Waals surface area contributed by atoms with Gasteiger partial charge < -0.3 is 0 Å². The Hall–Kier alpha value is -0.130. The molecule has 13 heavy (non-hydrogen) atoms. The number of halogens is 3. The van der Waals surface area contributed by atoms with Gasteiger partial charge >= 0.3 is 10.2 Å². The van der Waals surface area contributed by atoms with Crippen LogP contribution in [0.4, 0.5) is 3.89 Å². The van der Waals surface area contributed by atoms with Gasteiger partial charge in [0.25, 0.3) is 0 Å². The van der Waals surface area contributed by atoms with Gasteiger partial charge in [0.15, 0.2) is 0 Å². The molecule has 0 heterocycles. The quantitative estimate of drug-likeness (QED) is 0.784. The standard InChI is InChI=1S/C7H5BrClFO2S/c8-7-2-1-6(9)3-5(7)4-13(10,11)12/h1-3H,4H2. The lowest BCUT2D eigenvalue weighted by Gasteiger charge is -2.01. The monoisotopic (exact) mass is 286 g/mol. The summed E-state index contributed by atoms with van der Waals surface area (Å²) in [6.45, 7) is 0. The minimum Gasteiger partial charge on any atom is -0.194 e. The molecule has 6 heteroatoms. The first-order valence-corrected chi connectivity index (χ1v) is 5.97. The lowest BCUT2D eigenvalue weighted by molar-refractivity contribution is 0.551. The Morgan fingerprint density at radius 2 is 2.08 bits per heavy atom. The second-order valence-electron chi connectivity index (χ2n) is 2.42. The van der Waals surface area contributed by atoms with Gasteiger partial charge in [-0.25, -0.2) is 0 Å². The Morgan fingerprint density at radius 1 is 1.46 bits per heavy atom. The van der Waals surface area contributed by atoms with Gasteiger partial charge in [0.05, 0.1) is 0 Å². The van der Waals surface area contributed by atoms with Gasteiger partial charge in [-0.15, -0.1) is 3.89 Å². The molecule has 0 saturated carbocycles. The van der Waals surface area contributed by atoms with Crippen LogP contribution in [0.15, 0.2) is 22.7 Å². The molecule has 0 atom stereocenters. The van der Waals surface area contributed by atoms with Crippen molar-refractivity contribution in [2.45, 2.75) is 5.75 Å². The normalized spacial score (nSPS) is 11.6. The third-order valence-electron chi connectivity index (χ3n) is 1.34. The fourth-order valence-corrected chi connectivity index (χ4v) is 2.22. The second kappa shape index (κ2) is 3.94. The van der Waals surface area contributed by atoms with E-state index in [0.717, 1.165) is 0 Å². The maximum atomic E-state index is 12.3. The van der Waals surface area contributed by atoms with E-state index in [2.05, 4.69) is 15.9 Å². The molecular weight excluding hydrogens is 282 g/mol. The molecule has 0 bridgehead atoms. The van der Waals surface area contributed by atoms with Crippen LogP contribution >= 0.6 is 27.5 Å². The first-order chi connectivity index (χ1) is 5.88. The van der Waals surface area contributed by atoms with Crippen molar-refractivity contribution >= 4 is 37.8 Å². The van der Waals surface area contributed by atoms with Crippen molar-refractivity contribution in [3.63, 3.8) is 0 Å². The highest BCUT2D eigenvalue weighted by atomic mass is 79.9. The molecule has 0 aliphatic heterocycles. The zero-order chi connectivity index (χ0) is 10.1. The van der Waals surface area contributed by atoms with Crippen molar-refractivity contribution in [1.29, 1.82) is 0 Å². The zero-order valence-corrected chi connectivity index (χ0v) is 9.46. The highest BCUT2D eigenvalue weighted by molar-refractivity contribution is 9.10. The molecule has 2 nitrogen and oxygen atoms in total. The van der Waals surface area contributed by atoms with Gasteiger partial charge in [0.2, 0.25) is 0 Å². The van der Waals surface area contributed by atoms with Gasteiger partial charge in [-0.3, -0.25) is 0 Å². The van der Waals surface area contributed by atoms with E-state index in [-0.39, 0.29) is 0 Å². The van der Waals surface area contributed by atoms with Crippen LogP contribution in [-0.2, 0) is 16.0 Å². The Kier molecular flexibility index (Phi) is 3.32. The van der Waals surface area contributed by atoms with Crippen LogP contribution in [0.3, 0.4) is 0 Å². The third kappa shape index (κ3) is 3.62. The van der Waals surface area contributed by atoms with Crippen molar-refractivity contribution in [1.82, 2.24) is 0 Å². The van der Waals surface area contributed by atoms with Crippen LogP contribution in [0.5, 0.6) is 0 Å². The molecule has 0 amide bonds. The number of hydrogen-bond acceptors (Lipinski definition) is 2. The minimum absolute atomic E-state index is 0.315. The molecule has 1 aromatic carbocycles. The summed E-state index contributed by atoms with van der Waals surface area (Å²) in [7, 11) is -4.51. The molecular formula is C7H5BrClFO2S. The summed E-state index contributed by atoms with van der Waals surface area (Å²) in [6, 6.07) is 4.56. The summed E-state index contributed by atoms with van der Waals surface area (Å²) in [6.07, 6.45) is 0. The van der Waals surface area contributed by atoms with Gasteiger partial charge in [-0.05, 0) is 23.8 Å². The fraction of sp³-hybridized carbons (Fsp3) is 0.143. The predicted molar refractivity (Wildman–Crippen MR) is 52.9 cm³/mol. The van der Waals surface area contributed by atoms with Gasteiger partial charge in [0.1, 0.15) is 5.75 Å². The molecule has 0 N–H and O–H groups in total. The van der Waals surface area contributed by atoms with E-state index < -0.39 is 16.0 Å². The molecule has 0 unspecified atom stereocenters. The molecule has 0 aromatic heterocycles. The topological polar surface area (TPSA) is 34.1 Å². The van der Waals surface area contributed by atoms with Crippen molar-refractivity contribution in [2.75, 3.05) is 0 Å². The molecule has 0 aliphatic carbocycles. The van der Waals surface area contributed by atoms with Crippen molar-refractivity contribution in [2.24, 2.45) is 0 Å². The molecule has 0 aliphatic rings. The average molecular weight is 288 g/mol. The zero-order valence-electron chi connectivity index (χ0n) is 6.30. The van der Waals surface area contributed by atoms with Gasteiger partial charge in [-0.1, -0.05) is 27.5 Å². The molecule has 72 valence electrons. The summed E-state index contributed by atoms with van der Waals surface area (Å²) >= 11 is 8.70. The molecule has 0 spiro atoms. The largest absolute Gasteiger partial charge is 0.306 e. The smallest absolute Gasteiger partial charge is 0.194 e. The Bertz CT molecular complexity index is 419. The van der Waals surface area contributed by atoms with Crippen LogP contribution in [0.2, 0.25) is 5.02 Å². The molecule has 0 saturated heterocycles. The lowest BCUT2D eigenvalue weighted by Crippen LogP contribution is -1.96. The van der Waals surface area contributed by atoms with Crippen LogP contribution in [0.1, 0.15) is 5.56 Å². The molecule has 0 radical (unpaired) electrons. The average Bonchev–Trinajstić information content (AvgIpc) is 1.94. The highest BCUT2D eigenvalue weighted by Crippen LogP contribution is 2.23. The van der Waals surface area contributed by atoms with Crippen molar-refractivity contribution in [3.05, 3.63) is 33.3 Å². The van der Waals surface area contributed by atoms with Crippen molar-refractivity contribution in [3.8, 4) is 0 Å². The Morgan fingerprint density at radius 3 is 2.62 bits per heavy atom. The maximum absolute atomic E-state index is 12.3. The van der Waals surface area contributed by atoms with E-state index in [1.165, 1.54) is 6.07 Å². The van der Waals surface area contributed by atoms with E-state index in [0.29, 0.717) is 15.1 Å². The van der Waals surface area contributed by atoms with E-state index >= 15 is 0 Å². The summed E-state index contributed by atoms with van der Waals surface area (Å²) < 4.78 is 33.5. The van der Waals surface area contributed by atoms with E-state index in [1.807, 2.05) is 0 Å². The fourth-order valence-electron chi connectivity index (χ4n) is 0.840. The first-order valence-electron chi connectivity index (χ1n) is 3.25. The number of hydrogen-bond donors (Lipinski definition) is 0. The minimum atomic E-state index is -4.51. The summed E-state index contributed by atoms with van der Waals surface area (Å²) in [5.41, 5.74) is 0.315. The van der Waals surface area contributed by atoms with Crippen molar-refractivity contribution < 1.29 is 12.3 Å². The van der Waals surface area contributed by atoms with E-state index in [4.69, 9.17) is 11.6 Å². The van der Waals surface area contributed by atoms with Crippen LogP contribution in [0.25, 0.3) is 0 Å². The van der Waals surface area contributed by atoms with Gasteiger partial charge in [-0.2, -0.15) is 8.42 Å². The Balaban J connectivity index is 3.08.